The van der Waals surface area contributed by atoms with Crippen LogP contribution in [0.3, 0.4) is 0 Å². The lowest BCUT2D eigenvalue weighted by Crippen LogP contribution is -2.22. The Hall–Kier alpha value is -2.83. The van der Waals surface area contributed by atoms with Crippen molar-refractivity contribution in [3.05, 3.63) is 65.5 Å². The van der Waals surface area contributed by atoms with E-state index in [4.69, 9.17) is 0 Å². The third-order valence-electron chi connectivity index (χ3n) is 3.31. The number of H-pyrrole nitrogens is 1. The van der Waals surface area contributed by atoms with E-state index in [0.717, 1.165) is 5.56 Å². The highest BCUT2D eigenvalue weighted by Crippen LogP contribution is 2.28. The van der Waals surface area contributed by atoms with Gasteiger partial charge in [-0.2, -0.15) is 13.2 Å². The number of benzene rings is 2. The van der Waals surface area contributed by atoms with E-state index in [0.29, 0.717) is 6.54 Å². The number of nitrogens with one attached hydrogen (secondary N) is 2. The van der Waals surface area contributed by atoms with Gasteiger partial charge in [0.1, 0.15) is 0 Å². The van der Waals surface area contributed by atoms with Crippen molar-refractivity contribution >= 4 is 16.9 Å². The molecular formula is C16H12F3N3O. The van der Waals surface area contributed by atoms with E-state index >= 15 is 0 Å². The van der Waals surface area contributed by atoms with Gasteiger partial charge in [-0.05, 0) is 23.8 Å². The molecule has 0 spiro atoms. The number of carbonyl (C=O) groups excluding carboxylic acids is 1. The van der Waals surface area contributed by atoms with Gasteiger partial charge in [-0.3, -0.25) is 4.79 Å². The average Bonchev–Trinajstić information content (AvgIpc) is 2.97. The molecular weight excluding hydrogens is 307 g/mol. The summed E-state index contributed by atoms with van der Waals surface area (Å²) in [6.45, 7) is 0.342. The Bertz CT molecular complexity index is 841. The van der Waals surface area contributed by atoms with E-state index in [1.807, 2.05) is 30.3 Å². The van der Waals surface area contributed by atoms with Crippen LogP contribution in [-0.2, 0) is 12.7 Å². The SMILES string of the molecule is O=C(NCc1ccccc1)c1ccc2nc(C(F)(F)F)[nH]c2c1. The minimum Gasteiger partial charge on any atom is -0.348 e. The number of aromatic nitrogens is 2. The predicted molar refractivity (Wildman–Crippen MR) is 78.7 cm³/mol. The number of halogens is 3. The van der Waals surface area contributed by atoms with E-state index in [1.54, 1.807) is 0 Å². The monoisotopic (exact) mass is 319 g/mol. The molecule has 0 aliphatic rings. The molecule has 7 heteroatoms. The molecule has 0 saturated carbocycles. The first-order chi connectivity index (χ1) is 10.9. The predicted octanol–water partition coefficient (Wildman–Crippen LogP) is 3.51. The maximum atomic E-state index is 12.6. The maximum absolute atomic E-state index is 12.6. The molecule has 1 amide bonds. The van der Waals surface area contributed by atoms with Crippen LogP contribution in [-0.4, -0.2) is 15.9 Å². The van der Waals surface area contributed by atoms with Crippen LogP contribution in [0.15, 0.2) is 48.5 Å². The van der Waals surface area contributed by atoms with Crippen molar-refractivity contribution in [3.8, 4) is 0 Å². The first-order valence-corrected chi connectivity index (χ1v) is 6.82. The zero-order valence-corrected chi connectivity index (χ0v) is 11.8. The Labute approximate surface area is 129 Å². The third kappa shape index (κ3) is 3.33. The summed E-state index contributed by atoms with van der Waals surface area (Å²) in [7, 11) is 0. The fourth-order valence-corrected chi connectivity index (χ4v) is 2.17. The molecule has 0 bridgehead atoms. The van der Waals surface area contributed by atoms with Crippen molar-refractivity contribution in [2.75, 3.05) is 0 Å². The minimum atomic E-state index is -4.55. The van der Waals surface area contributed by atoms with Gasteiger partial charge in [0.25, 0.3) is 5.91 Å². The van der Waals surface area contributed by atoms with Crippen LogP contribution in [0.5, 0.6) is 0 Å². The van der Waals surface area contributed by atoms with Gasteiger partial charge in [-0.25, -0.2) is 4.98 Å². The van der Waals surface area contributed by atoms with Crippen molar-refractivity contribution in [3.63, 3.8) is 0 Å². The summed E-state index contributed by atoms with van der Waals surface area (Å²) in [5.74, 6) is -1.44. The van der Waals surface area contributed by atoms with Gasteiger partial charge in [-0.15, -0.1) is 0 Å². The number of rotatable bonds is 3. The summed E-state index contributed by atoms with van der Waals surface area (Å²) in [5.41, 5.74) is 1.54. The zero-order valence-electron chi connectivity index (χ0n) is 11.8. The number of hydrogen-bond donors (Lipinski definition) is 2. The quantitative estimate of drug-likeness (QED) is 0.776. The lowest BCUT2D eigenvalue weighted by atomic mass is 10.1. The fraction of sp³-hybridized carbons (Fsp3) is 0.125. The van der Waals surface area contributed by atoms with Crippen LogP contribution in [0.2, 0.25) is 0 Å². The molecule has 0 atom stereocenters. The van der Waals surface area contributed by atoms with E-state index in [1.165, 1.54) is 18.2 Å². The second kappa shape index (κ2) is 5.75. The summed E-state index contributed by atoms with van der Waals surface area (Å²) in [6, 6.07) is 13.5. The van der Waals surface area contributed by atoms with Crippen molar-refractivity contribution in [1.29, 1.82) is 0 Å². The van der Waals surface area contributed by atoms with E-state index in [-0.39, 0.29) is 22.5 Å². The highest BCUT2D eigenvalue weighted by atomic mass is 19.4. The molecule has 0 unspecified atom stereocenters. The third-order valence-corrected chi connectivity index (χ3v) is 3.31. The van der Waals surface area contributed by atoms with Gasteiger partial charge in [0.05, 0.1) is 11.0 Å². The molecule has 1 heterocycles. The van der Waals surface area contributed by atoms with Gasteiger partial charge in [-0.1, -0.05) is 30.3 Å². The van der Waals surface area contributed by atoms with Gasteiger partial charge in [0.2, 0.25) is 5.82 Å². The van der Waals surface area contributed by atoms with Gasteiger partial charge < -0.3 is 10.3 Å². The molecule has 23 heavy (non-hydrogen) atoms. The van der Waals surface area contributed by atoms with Gasteiger partial charge in [0, 0.05) is 12.1 Å². The molecule has 0 aliphatic heterocycles. The molecule has 3 rings (SSSR count). The van der Waals surface area contributed by atoms with Crippen molar-refractivity contribution in [1.82, 2.24) is 15.3 Å². The smallest absolute Gasteiger partial charge is 0.348 e. The molecule has 4 nitrogen and oxygen atoms in total. The lowest BCUT2D eigenvalue weighted by molar-refractivity contribution is -0.144. The van der Waals surface area contributed by atoms with E-state index < -0.39 is 12.0 Å². The Kier molecular flexibility index (Phi) is 3.77. The Balaban J connectivity index is 1.78. The molecule has 2 aromatic carbocycles. The Morgan fingerprint density at radius 2 is 1.87 bits per heavy atom. The van der Waals surface area contributed by atoms with E-state index in [9.17, 15) is 18.0 Å². The second-order valence-electron chi connectivity index (χ2n) is 4.98. The molecule has 0 radical (unpaired) electrons. The van der Waals surface area contributed by atoms with E-state index in [2.05, 4.69) is 15.3 Å². The second-order valence-corrected chi connectivity index (χ2v) is 4.98. The number of nitrogens with zero attached hydrogens (tertiary/aromatic N) is 1. The fourth-order valence-electron chi connectivity index (χ4n) is 2.17. The number of hydrogen-bond acceptors (Lipinski definition) is 2. The Morgan fingerprint density at radius 3 is 2.57 bits per heavy atom. The number of aromatic amines is 1. The molecule has 0 fully saturated rings. The molecule has 3 aromatic rings. The van der Waals surface area contributed by atoms with Crippen molar-refractivity contribution in [2.24, 2.45) is 0 Å². The molecule has 118 valence electrons. The summed E-state index contributed by atoms with van der Waals surface area (Å²) < 4.78 is 37.9. The van der Waals surface area contributed by atoms with Crippen LogP contribution in [0.1, 0.15) is 21.7 Å². The number of imidazole rings is 1. The first-order valence-electron chi connectivity index (χ1n) is 6.82. The van der Waals surface area contributed by atoms with Crippen LogP contribution in [0, 0.1) is 0 Å². The lowest BCUT2D eigenvalue weighted by Gasteiger charge is -2.05. The summed E-state index contributed by atoms with van der Waals surface area (Å²) >= 11 is 0. The number of fused-ring (bicyclic) bond motifs is 1. The largest absolute Gasteiger partial charge is 0.449 e. The summed E-state index contributed by atoms with van der Waals surface area (Å²) in [4.78, 5) is 17.8. The minimum absolute atomic E-state index is 0.164. The summed E-state index contributed by atoms with van der Waals surface area (Å²) in [5, 5.41) is 2.72. The Morgan fingerprint density at radius 1 is 1.13 bits per heavy atom. The van der Waals surface area contributed by atoms with Crippen LogP contribution >= 0.6 is 0 Å². The highest BCUT2D eigenvalue weighted by Gasteiger charge is 2.34. The normalized spacial score (nSPS) is 11.6. The number of amides is 1. The van der Waals surface area contributed by atoms with Crippen molar-refractivity contribution < 1.29 is 18.0 Å². The van der Waals surface area contributed by atoms with Crippen LogP contribution in [0.4, 0.5) is 13.2 Å². The molecule has 0 aliphatic carbocycles. The topological polar surface area (TPSA) is 57.8 Å². The number of carbonyl (C=O) groups is 1. The average molecular weight is 319 g/mol. The summed E-state index contributed by atoms with van der Waals surface area (Å²) in [6.07, 6.45) is -4.55. The molecule has 1 aromatic heterocycles. The van der Waals surface area contributed by atoms with Crippen LogP contribution in [0.25, 0.3) is 11.0 Å². The van der Waals surface area contributed by atoms with Crippen LogP contribution < -0.4 is 5.32 Å². The van der Waals surface area contributed by atoms with Gasteiger partial charge >= 0.3 is 6.18 Å². The first kappa shape index (κ1) is 15.1. The standard InChI is InChI=1S/C16H12F3N3O/c17-16(18,19)15-21-12-7-6-11(8-13(12)22-15)14(23)20-9-10-4-2-1-3-5-10/h1-8H,9H2,(H,20,23)(H,21,22). The maximum Gasteiger partial charge on any atom is 0.449 e. The van der Waals surface area contributed by atoms with Crippen molar-refractivity contribution in [2.45, 2.75) is 12.7 Å². The highest BCUT2D eigenvalue weighted by molar-refractivity contribution is 5.97. The molecule has 2 N–H and O–H groups in total. The number of alkyl halides is 3. The van der Waals surface area contributed by atoms with Gasteiger partial charge in [0.15, 0.2) is 0 Å². The molecule has 0 saturated heterocycles. The zero-order chi connectivity index (χ0) is 16.4.